The topological polar surface area (TPSA) is 102 Å². The van der Waals surface area contributed by atoms with E-state index in [1.54, 1.807) is 38.1 Å². The molecule has 2 atom stereocenters. The monoisotopic (exact) mass is 474 g/mol. The van der Waals surface area contributed by atoms with Gasteiger partial charge < -0.3 is 9.47 Å². The molecule has 0 aromatic heterocycles. The number of hydrogen-bond donors (Lipinski definition) is 0. The van der Waals surface area contributed by atoms with Crippen molar-refractivity contribution >= 4 is 29.5 Å². The molecule has 2 amide bonds. The van der Waals surface area contributed by atoms with E-state index >= 15 is 0 Å². The molecule has 0 bridgehead atoms. The summed E-state index contributed by atoms with van der Waals surface area (Å²) < 4.78 is 10.6. The van der Waals surface area contributed by atoms with Gasteiger partial charge in [0.2, 0.25) is 0 Å². The number of aryl methyl sites for hydroxylation is 1. The lowest BCUT2D eigenvalue weighted by Crippen LogP contribution is -2.37. The van der Waals surface area contributed by atoms with Crippen LogP contribution in [0.15, 0.2) is 64.8 Å². The molecule has 0 spiro atoms. The summed E-state index contributed by atoms with van der Waals surface area (Å²) in [7, 11) is 1.30. The van der Waals surface area contributed by atoms with E-state index in [0.29, 0.717) is 22.5 Å². The van der Waals surface area contributed by atoms with E-state index in [1.165, 1.54) is 7.11 Å². The van der Waals surface area contributed by atoms with Gasteiger partial charge in [0.25, 0.3) is 11.8 Å². The third kappa shape index (κ3) is 4.39. The average Bonchev–Trinajstić information content (AvgIpc) is 3.08. The molecule has 0 aliphatic carbocycles. The van der Waals surface area contributed by atoms with Crippen LogP contribution in [0.2, 0.25) is 0 Å². The van der Waals surface area contributed by atoms with Gasteiger partial charge in [0.05, 0.1) is 30.4 Å². The predicted octanol–water partition coefficient (Wildman–Crippen LogP) is 3.46. The Morgan fingerprint density at radius 3 is 2.23 bits per heavy atom. The lowest BCUT2D eigenvalue weighted by molar-refractivity contribution is -0.144. The third-order valence-corrected chi connectivity index (χ3v) is 6.33. The van der Waals surface area contributed by atoms with Gasteiger partial charge in [0, 0.05) is 17.3 Å². The van der Waals surface area contributed by atoms with Crippen LogP contribution in [0.25, 0.3) is 0 Å². The molecule has 8 heteroatoms. The summed E-state index contributed by atoms with van der Waals surface area (Å²) in [4.78, 5) is 56.7. The van der Waals surface area contributed by atoms with Crippen molar-refractivity contribution in [3.8, 4) is 0 Å². The van der Waals surface area contributed by atoms with E-state index in [4.69, 9.17) is 9.47 Å². The Morgan fingerprint density at radius 1 is 0.971 bits per heavy atom. The van der Waals surface area contributed by atoms with Crippen molar-refractivity contribution in [2.75, 3.05) is 20.3 Å². The molecule has 0 saturated heterocycles. The molecule has 0 radical (unpaired) electrons. The molecule has 0 saturated carbocycles. The molecular formula is C27H26N2O6. The van der Waals surface area contributed by atoms with Gasteiger partial charge >= 0.3 is 11.9 Å². The Labute approximate surface area is 203 Å². The number of fused-ring (bicyclic) bond motifs is 1. The summed E-state index contributed by atoms with van der Waals surface area (Å²) in [6.07, 6.45) is 0. The smallest absolute Gasteiger partial charge is 0.336 e. The minimum atomic E-state index is -0.788. The maximum absolute atomic E-state index is 13.3. The zero-order valence-electron chi connectivity index (χ0n) is 20.0. The highest BCUT2D eigenvalue weighted by Gasteiger charge is 2.42. The number of carbonyl (C=O) groups excluding carboxylic acids is 4. The Bertz CT molecular complexity index is 1260. The van der Waals surface area contributed by atoms with Gasteiger partial charge in [-0.2, -0.15) is 0 Å². The number of benzene rings is 2. The predicted molar refractivity (Wildman–Crippen MR) is 128 cm³/mol. The van der Waals surface area contributed by atoms with E-state index in [9.17, 15) is 19.2 Å². The molecule has 0 fully saturated rings. The molecule has 8 nitrogen and oxygen atoms in total. The molecule has 2 aromatic rings. The summed E-state index contributed by atoms with van der Waals surface area (Å²) in [5.74, 6) is -3.43. The van der Waals surface area contributed by atoms with Gasteiger partial charge in [-0.15, -0.1) is 0 Å². The number of amides is 2. The van der Waals surface area contributed by atoms with E-state index in [0.717, 1.165) is 16.0 Å². The molecule has 0 N–H and O–H groups in total. The molecule has 2 aliphatic rings. The highest BCUT2D eigenvalue weighted by atomic mass is 16.5. The Balaban J connectivity index is 1.57. The van der Waals surface area contributed by atoms with E-state index in [-0.39, 0.29) is 18.7 Å². The summed E-state index contributed by atoms with van der Waals surface area (Å²) >= 11 is 0. The first-order valence-electron chi connectivity index (χ1n) is 11.3. The van der Waals surface area contributed by atoms with Crippen molar-refractivity contribution in [1.29, 1.82) is 0 Å². The molecular weight excluding hydrogens is 448 g/mol. The second-order valence-electron chi connectivity index (χ2n) is 8.59. The Kier molecular flexibility index (Phi) is 6.64. The average molecular weight is 475 g/mol. The number of ether oxygens (including phenoxy) is 2. The lowest BCUT2D eigenvalue weighted by Gasteiger charge is -2.31. The maximum atomic E-state index is 13.3. The molecule has 35 heavy (non-hydrogen) atoms. The number of rotatable bonds is 6. The highest BCUT2D eigenvalue weighted by molar-refractivity contribution is 6.21. The summed E-state index contributed by atoms with van der Waals surface area (Å²) in [6, 6.07) is 14.1. The fourth-order valence-electron chi connectivity index (χ4n) is 4.71. The van der Waals surface area contributed by atoms with Gasteiger partial charge in [-0.05, 0) is 38.5 Å². The van der Waals surface area contributed by atoms with Crippen LogP contribution in [0.4, 0.5) is 0 Å². The SMILES string of the molecule is COC(=O)C1C(C)=NC(C)=C(C(=O)OCCN2C(=O)c3ccccc3C2=O)C1c1cccc(C)c1. The van der Waals surface area contributed by atoms with Crippen LogP contribution in [-0.2, 0) is 19.1 Å². The maximum Gasteiger partial charge on any atom is 0.336 e. The fourth-order valence-corrected chi connectivity index (χ4v) is 4.71. The first-order valence-corrected chi connectivity index (χ1v) is 11.3. The second kappa shape index (κ2) is 9.66. The van der Waals surface area contributed by atoms with Crippen LogP contribution in [-0.4, -0.2) is 54.6 Å². The van der Waals surface area contributed by atoms with E-state index in [1.807, 2.05) is 31.2 Å². The van der Waals surface area contributed by atoms with Crippen molar-refractivity contribution in [3.63, 3.8) is 0 Å². The number of methoxy groups -OCH3 is 1. The number of imide groups is 1. The zero-order valence-corrected chi connectivity index (χ0v) is 20.0. The van der Waals surface area contributed by atoms with Crippen LogP contribution in [0, 0.1) is 12.8 Å². The van der Waals surface area contributed by atoms with Gasteiger partial charge in [0.15, 0.2) is 0 Å². The molecule has 2 aromatic carbocycles. The fraction of sp³-hybridized carbons (Fsp3) is 0.296. The minimum Gasteiger partial charge on any atom is -0.468 e. The second-order valence-corrected chi connectivity index (χ2v) is 8.59. The van der Waals surface area contributed by atoms with E-state index in [2.05, 4.69) is 4.99 Å². The minimum absolute atomic E-state index is 0.0811. The van der Waals surface area contributed by atoms with Crippen LogP contribution in [0.1, 0.15) is 51.6 Å². The Morgan fingerprint density at radius 2 is 1.63 bits per heavy atom. The number of nitrogens with zero attached hydrogens (tertiary/aromatic N) is 2. The number of carbonyl (C=O) groups is 4. The molecule has 2 heterocycles. The lowest BCUT2D eigenvalue weighted by atomic mass is 9.75. The van der Waals surface area contributed by atoms with Crippen LogP contribution in [0.5, 0.6) is 0 Å². The highest BCUT2D eigenvalue weighted by Crippen LogP contribution is 2.40. The number of aliphatic imine (C=N–C) groups is 1. The standard InChI is InChI=1S/C27H26N2O6/c1-15-8-7-9-18(14-15)23-21(26(32)34-4)16(2)28-17(3)22(23)27(33)35-13-12-29-24(30)19-10-5-6-11-20(19)25(29)31/h5-11,14,21,23H,12-13H2,1-4H3. The van der Waals surface area contributed by atoms with Gasteiger partial charge in [0.1, 0.15) is 12.5 Å². The normalized spacial score (nSPS) is 19.4. The van der Waals surface area contributed by atoms with Crippen LogP contribution < -0.4 is 0 Å². The summed E-state index contributed by atoms with van der Waals surface area (Å²) in [6.45, 7) is 5.09. The Hall–Kier alpha value is -4.07. The number of allylic oxidation sites excluding steroid dienone is 1. The van der Waals surface area contributed by atoms with Crippen LogP contribution in [0.3, 0.4) is 0 Å². The zero-order chi connectivity index (χ0) is 25.3. The molecule has 2 unspecified atom stereocenters. The molecule has 4 rings (SSSR count). The van der Waals surface area contributed by atoms with Crippen molar-refractivity contribution in [3.05, 3.63) is 82.1 Å². The summed E-state index contributed by atoms with van der Waals surface area (Å²) in [5.41, 5.74) is 3.64. The van der Waals surface area contributed by atoms with Gasteiger partial charge in [-0.3, -0.25) is 24.3 Å². The van der Waals surface area contributed by atoms with Crippen LogP contribution >= 0.6 is 0 Å². The van der Waals surface area contributed by atoms with Gasteiger partial charge in [-0.25, -0.2) is 4.79 Å². The van der Waals surface area contributed by atoms with E-state index < -0.39 is 35.6 Å². The number of hydrogen-bond acceptors (Lipinski definition) is 7. The quantitative estimate of drug-likeness (QED) is 0.469. The number of esters is 2. The summed E-state index contributed by atoms with van der Waals surface area (Å²) in [5, 5.41) is 0. The third-order valence-electron chi connectivity index (χ3n) is 6.33. The van der Waals surface area contributed by atoms with Crippen molar-refractivity contribution < 1.29 is 28.7 Å². The molecule has 180 valence electrons. The first-order chi connectivity index (χ1) is 16.7. The van der Waals surface area contributed by atoms with Gasteiger partial charge in [-0.1, -0.05) is 42.0 Å². The van der Waals surface area contributed by atoms with Crippen molar-refractivity contribution in [1.82, 2.24) is 4.90 Å². The first kappa shape index (κ1) is 24.1. The van der Waals surface area contributed by atoms with Crippen molar-refractivity contribution in [2.24, 2.45) is 10.9 Å². The van der Waals surface area contributed by atoms with Crippen molar-refractivity contribution in [2.45, 2.75) is 26.7 Å². The largest absolute Gasteiger partial charge is 0.468 e. The molecule has 2 aliphatic heterocycles.